The van der Waals surface area contributed by atoms with Crippen molar-refractivity contribution in [1.82, 2.24) is 4.90 Å². The Morgan fingerprint density at radius 1 is 1.28 bits per heavy atom. The van der Waals surface area contributed by atoms with E-state index >= 15 is 0 Å². The Bertz CT molecular complexity index is 301. The molecule has 1 heterocycles. The van der Waals surface area contributed by atoms with Crippen LogP contribution in [0.5, 0.6) is 0 Å². The Labute approximate surface area is 107 Å². The molecule has 2 N–H and O–H groups in total. The van der Waals surface area contributed by atoms with Gasteiger partial charge in [0.1, 0.15) is 0 Å². The van der Waals surface area contributed by atoms with Crippen LogP contribution < -0.4 is 5.73 Å². The van der Waals surface area contributed by atoms with Gasteiger partial charge in [-0.25, -0.2) is 8.78 Å². The maximum atomic E-state index is 12.7. The highest BCUT2D eigenvalue weighted by atomic mass is 19.3. The Morgan fingerprint density at radius 2 is 1.89 bits per heavy atom. The molecule has 1 aliphatic heterocycles. The van der Waals surface area contributed by atoms with Crippen LogP contribution in [0.3, 0.4) is 0 Å². The Balaban J connectivity index is 1.57. The number of likely N-dealkylation sites (tertiary alicyclic amines) is 1. The Kier molecular flexibility index (Phi) is 4.20. The van der Waals surface area contributed by atoms with Gasteiger partial charge in [0.2, 0.25) is 5.91 Å². The van der Waals surface area contributed by atoms with Crippen LogP contribution in [0.15, 0.2) is 0 Å². The van der Waals surface area contributed by atoms with Crippen molar-refractivity contribution < 1.29 is 13.6 Å². The minimum atomic E-state index is -2.38. The van der Waals surface area contributed by atoms with Gasteiger partial charge in [0.15, 0.2) is 0 Å². The maximum absolute atomic E-state index is 12.7. The van der Waals surface area contributed by atoms with Crippen LogP contribution in [0.25, 0.3) is 0 Å². The third kappa shape index (κ3) is 3.90. The number of halogens is 2. The lowest BCUT2D eigenvalue weighted by Crippen LogP contribution is -2.35. The fourth-order valence-electron chi connectivity index (χ4n) is 2.77. The zero-order valence-electron chi connectivity index (χ0n) is 10.7. The van der Waals surface area contributed by atoms with Crippen LogP contribution in [0.4, 0.5) is 8.78 Å². The summed E-state index contributed by atoms with van der Waals surface area (Å²) < 4.78 is 25.5. The first kappa shape index (κ1) is 13.7. The number of hydrogen-bond donors (Lipinski definition) is 1. The van der Waals surface area contributed by atoms with Gasteiger partial charge < -0.3 is 10.6 Å². The van der Waals surface area contributed by atoms with Crippen molar-refractivity contribution in [2.75, 3.05) is 19.6 Å². The fourth-order valence-corrected chi connectivity index (χ4v) is 2.77. The molecule has 0 aromatic heterocycles. The first-order valence-corrected chi connectivity index (χ1v) is 6.86. The van der Waals surface area contributed by atoms with Crippen molar-refractivity contribution in [2.45, 2.75) is 44.4 Å². The van der Waals surface area contributed by atoms with Crippen molar-refractivity contribution >= 4 is 5.91 Å². The second-order valence-corrected chi connectivity index (χ2v) is 5.74. The summed E-state index contributed by atoms with van der Waals surface area (Å²) in [6, 6.07) is 0. The molecule has 0 radical (unpaired) electrons. The molecule has 3 nitrogen and oxygen atoms in total. The van der Waals surface area contributed by atoms with Gasteiger partial charge in [0.25, 0.3) is 5.92 Å². The van der Waals surface area contributed by atoms with E-state index in [1.807, 2.05) is 0 Å². The van der Waals surface area contributed by atoms with Gasteiger partial charge in [-0.15, -0.1) is 0 Å². The van der Waals surface area contributed by atoms with Crippen molar-refractivity contribution in [3.05, 3.63) is 0 Å². The summed E-state index contributed by atoms with van der Waals surface area (Å²) in [7, 11) is 0. The normalized spacial score (nSPS) is 28.2. The molecule has 2 aliphatic rings. The molecule has 1 saturated heterocycles. The molecular weight excluding hydrogens is 238 g/mol. The van der Waals surface area contributed by atoms with E-state index in [-0.39, 0.29) is 18.2 Å². The fraction of sp³-hybridized carbons (Fsp3) is 0.923. The number of primary amides is 1. The van der Waals surface area contributed by atoms with E-state index in [1.54, 1.807) is 0 Å². The Morgan fingerprint density at radius 3 is 2.39 bits per heavy atom. The van der Waals surface area contributed by atoms with E-state index in [0.29, 0.717) is 18.8 Å². The predicted octanol–water partition coefficient (Wildman–Crippen LogP) is 2.01. The summed E-state index contributed by atoms with van der Waals surface area (Å²) in [4.78, 5) is 13.0. The van der Waals surface area contributed by atoms with Crippen molar-refractivity contribution in [2.24, 2.45) is 17.6 Å². The van der Waals surface area contributed by atoms with Crippen LogP contribution >= 0.6 is 0 Å². The first-order valence-electron chi connectivity index (χ1n) is 6.86. The summed E-state index contributed by atoms with van der Waals surface area (Å²) in [5, 5.41) is 0. The lowest BCUT2D eigenvalue weighted by Gasteiger charge is -2.31. The molecule has 0 aromatic rings. The Hall–Kier alpha value is -0.710. The molecule has 1 saturated carbocycles. The van der Waals surface area contributed by atoms with Crippen LogP contribution in [-0.2, 0) is 4.79 Å². The number of nitrogens with two attached hydrogens (primary N) is 1. The second-order valence-electron chi connectivity index (χ2n) is 5.74. The highest BCUT2D eigenvalue weighted by Gasteiger charge is 2.56. The first-order chi connectivity index (χ1) is 8.47. The summed E-state index contributed by atoms with van der Waals surface area (Å²) >= 11 is 0. The molecule has 1 atom stereocenters. The van der Waals surface area contributed by atoms with Crippen LogP contribution in [-0.4, -0.2) is 36.4 Å². The lowest BCUT2D eigenvalue weighted by molar-refractivity contribution is -0.118. The average Bonchev–Trinajstić information content (AvgIpc) is 2.93. The number of carbonyl (C=O) groups excluding carboxylic acids is 1. The summed E-state index contributed by atoms with van der Waals surface area (Å²) in [5.74, 6) is -2.39. The smallest absolute Gasteiger partial charge is 0.251 e. The summed E-state index contributed by atoms with van der Waals surface area (Å²) in [6.45, 7) is 2.74. The molecule has 2 rings (SSSR count). The number of rotatable bonds is 6. The maximum Gasteiger partial charge on any atom is 0.251 e. The highest BCUT2D eigenvalue weighted by Crippen LogP contribution is 2.50. The topological polar surface area (TPSA) is 46.3 Å². The minimum absolute atomic E-state index is 0.0854. The largest absolute Gasteiger partial charge is 0.370 e. The van der Waals surface area contributed by atoms with E-state index in [9.17, 15) is 13.6 Å². The summed E-state index contributed by atoms with van der Waals surface area (Å²) in [5.41, 5.74) is 5.13. The number of alkyl halides is 2. The van der Waals surface area contributed by atoms with Gasteiger partial charge in [-0.1, -0.05) is 0 Å². The zero-order valence-corrected chi connectivity index (χ0v) is 10.7. The van der Waals surface area contributed by atoms with E-state index in [1.165, 1.54) is 0 Å². The quantitative estimate of drug-likeness (QED) is 0.794. The molecule has 1 aliphatic carbocycles. The van der Waals surface area contributed by atoms with Crippen molar-refractivity contribution in [1.29, 1.82) is 0 Å². The molecule has 5 heteroatoms. The molecule has 2 fully saturated rings. The second kappa shape index (κ2) is 5.51. The number of nitrogens with zero attached hydrogens (tertiary/aromatic N) is 1. The van der Waals surface area contributed by atoms with Gasteiger partial charge in [0, 0.05) is 18.8 Å². The molecule has 104 valence electrons. The van der Waals surface area contributed by atoms with E-state index in [4.69, 9.17) is 5.73 Å². The van der Waals surface area contributed by atoms with Gasteiger partial charge in [-0.05, 0) is 51.2 Å². The third-order valence-electron chi connectivity index (χ3n) is 4.26. The van der Waals surface area contributed by atoms with Crippen molar-refractivity contribution in [3.63, 3.8) is 0 Å². The van der Waals surface area contributed by atoms with E-state index in [2.05, 4.69) is 4.90 Å². The predicted molar refractivity (Wildman–Crippen MR) is 65.3 cm³/mol. The minimum Gasteiger partial charge on any atom is -0.370 e. The van der Waals surface area contributed by atoms with Crippen molar-refractivity contribution in [3.8, 4) is 0 Å². The van der Waals surface area contributed by atoms with E-state index < -0.39 is 5.92 Å². The van der Waals surface area contributed by atoms with Gasteiger partial charge in [0.05, 0.1) is 0 Å². The number of piperidine rings is 1. The third-order valence-corrected chi connectivity index (χ3v) is 4.26. The molecule has 0 bridgehead atoms. The SMILES string of the molecule is NC(=O)CCC1CCN(CCC2CC2(F)F)CC1. The lowest BCUT2D eigenvalue weighted by atomic mass is 9.92. The number of hydrogen-bond acceptors (Lipinski definition) is 2. The van der Waals surface area contributed by atoms with Gasteiger partial charge in [-0.3, -0.25) is 4.79 Å². The molecule has 18 heavy (non-hydrogen) atoms. The van der Waals surface area contributed by atoms with Gasteiger partial charge >= 0.3 is 0 Å². The average molecular weight is 260 g/mol. The van der Waals surface area contributed by atoms with E-state index in [0.717, 1.165) is 38.9 Å². The zero-order chi connectivity index (χ0) is 13.2. The van der Waals surface area contributed by atoms with Crippen LogP contribution in [0.1, 0.15) is 38.5 Å². The highest BCUT2D eigenvalue weighted by molar-refractivity contribution is 5.73. The molecule has 1 amide bonds. The molecular formula is C13H22F2N2O. The molecule has 0 aromatic carbocycles. The van der Waals surface area contributed by atoms with Gasteiger partial charge in [-0.2, -0.15) is 0 Å². The van der Waals surface area contributed by atoms with Crippen LogP contribution in [0, 0.1) is 11.8 Å². The molecule has 0 spiro atoms. The number of amides is 1. The van der Waals surface area contributed by atoms with Crippen LogP contribution in [0.2, 0.25) is 0 Å². The standard InChI is InChI=1S/C13H22F2N2O/c14-13(15)9-11(13)5-8-17-6-3-10(4-7-17)1-2-12(16)18/h10-11H,1-9H2,(H2,16,18). The molecule has 1 unspecified atom stereocenters. The monoisotopic (exact) mass is 260 g/mol. The number of carbonyl (C=O) groups is 1. The summed E-state index contributed by atoms with van der Waals surface area (Å²) in [6.07, 6.45) is 4.19.